The number of hydrogen-bond donors (Lipinski definition) is 0. The van der Waals surface area contributed by atoms with Crippen LogP contribution >= 0.6 is 22.9 Å². The van der Waals surface area contributed by atoms with E-state index >= 15 is 0 Å². The first kappa shape index (κ1) is 11.3. The number of fused-ring (bicyclic) bond motifs is 1. The number of carbonyl (C=O) groups is 1. The third-order valence-corrected chi connectivity index (χ3v) is 3.49. The topological polar surface area (TPSA) is 52.1 Å². The molecule has 0 radical (unpaired) electrons. The molecule has 0 aliphatic heterocycles. The van der Waals surface area contributed by atoms with Crippen LogP contribution in [0.15, 0.2) is 6.20 Å². The minimum absolute atomic E-state index is 0.184. The number of carbonyl (C=O) groups excluding carboxylic acids is 1. The van der Waals surface area contributed by atoms with Gasteiger partial charge in [-0.2, -0.15) is 0 Å². The summed E-state index contributed by atoms with van der Waals surface area (Å²) in [6.45, 7) is 3.98. The van der Waals surface area contributed by atoms with Crippen LogP contribution in [0.3, 0.4) is 0 Å². The van der Waals surface area contributed by atoms with E-state index in [4.69, 9.17) is 16.3 Å². The van der Waals surface area contributed by atoms with Crippen molar-refractivity contribution in [1.29, 1.82) is 0 Å². The van der Waals surface area contributed by atoms with E-state index in [9.17, 15) is 4.79 Å². The SMILES string of the molecule is CCOC(=O)c1sc2nc(Cl)ncc2c1C. The summed E-state index contributed by atoms with van der Waals surface area (Å²) in [7, 11) is 0. The van der Waals surface area contributed by atoms with Gasteiger partial charge in [-0.25, -0.2) is 14.8 Å². The monoisotopic (exact) mass is 256 g/mol. The number of ether oxygens (including phenoxy) is 1. The van der Waals surface area contributed by atoms with E-state index in [0.29, 0.717) is 16.3 Å². The molecule has 2 aromatic rings. The number of esters is 1. The molecule has 2 heterocycles. The third-order valence-electron chi connectivity index (χ3n) is 2.13. The van der Waals surface area contributed by atoms with E-state index in [2.05, 4.69) is 9.97 Å². The second-order valence-electron chi connectivity index (χ2n) is 3.13. The summed E-state index contributed by atoms with van der Waals surface area (Å²) < 4.78 is 4.96. The number of thiophene rings is 1. The van der Waals surface area contributed by atoms with Crippen molar-refractivity contribution in [2.45, 2.75) is 13.8 Å². The number of halogens is 1. The Morgan fingerprint density at radius 3 is 3.06 bits per heavy atom. The summed E-state index contributed by atoms with van der Waals surface area (Å²) in [5.41, 5.74) is 0.843. The lowest BCUT2D eigenvalue weighted by Gasteiger charge is -1.98. The first-order valence-electron chi connectivity index (χ1n) is 4.72. The number of aryl methyl sites for hydroxylation is 1. The Hall–Kier alpha value is -1.20. The summed E-state index contributed by atoms with van der Waals surface area (Å²) in [6.07, 6.45) is 1.62. The highest BCUT2D eigenvalue weighted by molar-refractivity contribution is 7.20. The molecule has 0 saturated heterocycles. The minimum atomic E-state index is -0.320. The zero-order valence-electron chi connectivity index (χ0n) is 8.78. The number of rotatable bonds is 2. The van der Waals surface area contributed by atoms with Gasteiger partial charge in [0.2, 0.25) is 5.28 Å². The molecule has 16 heavy (non-hydrogen) atoms. The van der Waals surface area contributed by atoms with Crippen LogP contribution in [0.2, 0.25) is 5.28 Å². The van der Waals surface area contributed by atoms with Crippen LogP contribution in [0.4, 0.5) is 0 Å². The van der Waals surface area contributed by atoms with Crippen molar-refractivity contribution >= 4 is 39.1 Å². The lowest BCUT2D eigenvalue weighted by atomic mass is 10.2. The van der Waals surface area contributed by atoms with Gasteiger partial charge in [0, 0.05) is 11.6 Å². The van der Waals surface area contributed by atoms with Crippen molar-refractivity contribution in [3.63, 3.8) is 0 Å². The zero-order valence-corrected chi connectivity index (χ0v) is 10.4. The summed E-state index contributed by atoms with van der Waals surface area (Å²) in [5.74, 6) is -0.320. The summed E-state index contributed by atoms with van der Waals surface area (Å²) in [4.78, 5) is 20.9. The van der Waals surface area contributed by atoms with E-state index in [1.54, 1.807) is 13.1 Å². The lowest BCUT2D eigenvalue weighted by molar-refractivity contribution is 0.0531. The Bertz CT molecular complexity index is 553. The lowest BCUT2D eigenvalue weighted by Crippen LogP contribution is -2.03. The van der Waals surface area contributed by atoms with Gasteiger partial charge < -0.3 is 4.74 Å². The molecule has 0 amide bonds. The van der Waals surface area contributed by atoms with Crippen LogP contribution in [-0.2, 0) is 4.74 Å². The quantitative estimate of drug-likeness (QED) is 0.612. The van der Waals surface area contributed by atoms with Gasteiger partial charge in [-0.3, -0.25) is 0 Å². The van der Waals surface area contributed by atoms with E-state index in [0.717, 1.165) is 10.9 Å². The Labute approximate surface area is 101 Å². The molecule has 0 unspecified atom stereocenters. The van der Waals surface area contributed by atoms with Crippen molar-refractivity contribution < 1.29 is 9.53 Å². The van der Waals surface area contributed by atoms with E-state index < -0.39 is 0 Å². The van der Waals surface area contributed by atoms with Crippen LogP contribution in [0.1, 0.15) is 22.2 Å². The first-order chi connectivity index (χ1) is 7.63. The fourth-order valence-electron chi connectivity index (χ4n) is 1.37. The van der Waals surface area contributed by atoms with Gasteiger partial charge in [0.25, 0.3) is 0 Å². The number of nitrogens with zero attached hydrogens (tertiary/aromatic N) is 2. The molecule has 0 bridgehead atoms. The Balaban J connectivity index is 2.55. The van der Waals surface area contributed by atoms with E-state index in [-0.39, 0.29) is 11.3 Å². The van der Waals surface area contributed by atoms with Crippen LogP contribution in [0.25, 0.3) is 10.2 Å². The van der Waals surface area contributed by atoms with Gasteiger partial charge >= 0.3 is 5.97 Å². The fourth-order valence-corrected chi connectivity index (χ4v) is 2.60. The highest BCUT2D eigenvalue weighted by Crippen LogP contribution is 2.29. The molecule has 0 aliphatic rings. The summed E-state index contributed by atoms with van der Waals surface area (Å²) >= 11 is 6.97. The van der Waals surface area contributed by atoms with Gasteiger partial charge in [-0.15, -0.1) is 11.3 Å². The fraction of sp³-hybridized carbons (Fsp3) is 0.300. The molecule has 0 spiro atoms. The van der Waals surface area contributed by atoms with Gasteiger partial charge in [0.1, 0.15) is 9.71 Å². The van der Waals surface area contributed by atoms with Gasteiger partial charge in [-0.05, 0) is 31.0 Å². The highest BCUT2D eigenvalue weighted by Gasteiger charge is 2.17. The largest absolute Gasteiger partial charge is 0.462 e. The molecule has 2 aromatic heterocycles. The molecule has 84 valence electrons. The molecule has 0 fully saturated rings. The van der Waals surface area contributed by atoms with Crippen molar-refractivity contribution in [3.05, 3.63) is 21.9 Å². The maximum absolute atomic E-state index is 11.6. The van der Waals surface area contributed by atoms with Crippen molar-refractivity contribution in [2.75, 3.05) is 6.61 Å². The molecule has 0 atom stereocenters. The van der Waals surface area contributed by atoms with Gasteiger partial charge in [-0.1, -0.05) is 0 Å². The molecular formula is C10H9ClN2O2S. The predicted octanol–water partition coefficient (Wildman–Crippen LogP) is 2.83. The average Bonchev–Trinajstić information content (AvgIpc) is 2.56. The highest BCUT2D eigenvalue weighted by atomic mass is 35.5. The maximum Gasteiger partial charge on any atom is 0.348 e. The molecule has 2 rings (SSSR count). The van der Waals surface area contributed by atoms with E-state index in [1.165, 1.54) is 11.3 Å². The van der Waals surface area contributed by atoms with Crippen LogP contribution in [0, 0.1) is 6.92 Å². The standard InChI is InChI=1S/C10H9ClN2O2S/c1-3-15-9(14)7-5(2)6-4-12-10(11)13-8(6)16-7/h4H,3H2,1-2H3. The normalized spacial score (nSPS) is 10.7. The second kappa shape index (κ2) is 4.35. The second-order valence-corrected chi connectivity index (χ2v) is 4.47. The number of hydrogen-bond acceptors (Lipinski definition) is 5. The molecule has 0 aromatic carbocycles. The van der Waals surface area contributed by atoms with Crippen molar-refractivity contribution in [3.8, 4) is 0 Å². The van der Waals surface area contributed by atoms with Crippen molar-refractivity contribution in [1.82, 2.24) is 9.97 Å². The molecule has 0 saturated carbocycles. The Kier molecular flexibility index (Phi) is 3.07. The smallest absolute Gasteiger partial charge is 0.348 e. The van der Waals surface area contributed by atoms with Crippen LogP contribution < -0.4 is 0 Å². The van der Waals surface area contributed by atoms with Gasteiger partial charge in [0.15, 0.2) is 0 Å². The van der Waals surface area contributed by atoms with Crippen molar-refractivity contribution in [2.24, 2.45) is 0 Å². The maximum atomic E-state index is 11.6. The Morgan fingerprint density at radius 2 is 2.38 bits per heavy atom. The molecule has 0 aliphatic carbocycles. The molecular weight excluding hydrogens is 248 g/mol. The average molecular weight is 257 g/mol. The minimum Gasteiger partial charge on any atom is -0.462 e. The predicted molar refractivity (Wildman–Crippen MR) is 63.1 cm³/mol. The Morgan fingerprint density at radius 1 is 1.62 bits per heavy atom. The third kappa shape index (κ3) is 1.88. The van der Waals surface area contributed by atoms with Crippen LogP contribution in [0.5, 0.6) is 0 Å². The molecule has 0 N–H and O–H groups in total. The first-order valence-corrected chi connectivity index (χ1v) is 5.91. The van der Waals surface area contributed by atoms with Crippen LogP contribution in [-0.4, -0.2) is 22.5 Å². The zero-order chi connectivity index (χ0) is 11.7. The summed E-state index contributed by atoms with van der Waals surface area (Å²) in [6, 6.07) is 0. The number of aromatic nitrogens is 2. The molecule has 4 nitrogen and oxygen atoms in total. The summed E-state index contributed by atoms with van der Waals surface area (Å²) in [5, 5.41) is 1.03. The molecule has 6 heteroatoms. The van der Waals surface area contributed by atoms with Gasteiger partial charge in [0.05, 0.1) is 6.61 Å². The van der Waals surface area contributed by atoms with E-state index in [1.807, 2.05) is 6.92 Å².